The molecule has 0 aromatic rings. The number of ether oxygens (including phenoxy) is 2. The second kappa shape index (κ2) is 40.1. The molecule has 6 N–H and O–H groups in total. The average Bonchev–Trinajstić information content (AvgIpc) is 3.26. The Kier molecular flexibility index (Phi) is 38.1. The number of rotatable bonds is 43. The van der Waals surface area contributed by atoms with Gasteiger partial charge in [-0.1, -0.05) is 173 Å². The quantitative estimate of drug-likeness (QED) is 0.0147. The summed E-state index contributed by atoms with van der Waals surface area (Å²) >= 11 is 0. The SMILES string of the molecule is CCCCCC/C=C\CCCCCCCC(=O)OC(COCCCCCCCCCCCC/C=C\CCCCCCCCCC)COP(=O)(O)OC1C(O)C(O)C(O)C(O)C1O. The van der Waals surface area contributed by atoms with Crippen molar-refractivity contribution >= 4 is 13.8 Å². The third kappa shape index (κ3) is 31.7. The normalized spacial score (nSPS) is 22.1. The maximum absolute atomic E-state index is 12.8. The molecular formula is C49H93O12P. The van der Waals surface area contributed by atoms with E-state index in [0.29, 0.717) is 13.0 Å². The maximum Gasteiger partial charge on any atom is 0.472 e. The molecule has 6 unspecified atom stereocenters. The van der Waals surface area contributed by atoms with Crippen LogP contribution in [0.3, 0.4) is 0 Å². The Labute approximate surface area is 377 Å². The first-order chi connectivity index (χ1) is 30.0. The highest BCUT2D eigenvalue weighted by atomic mass is 31.2. The summed E-state index contributed by atoms with van der Waals surface area (Å²) in [6.07, 6.45) is 33.9. The number of phosphoric ester groups is 1. The van der Waals surface area contributed by atoms with Crippen molar-refractivity contribution in [1.29, 1.82) is 0 Å². The van der Waals surface area contributed by atoms with Crippen molar-refractivity contribution in [2.45, 2.75) is 262 Å². The minimum atomic E-state index is -5.02. The average molecular weight is 905 g/mol. The van der Waals surface area contributed by atoms with Gasteiger partial charge in [0, 0.05) is 13.0 Å². The highest BCUT2D eigenvalue weighted by molar-refractivity contribution is 7.47. The van der Waals surface area contributed by atoms with Crippen LogP contribution in [0.25, 0.3) is 0 Å². The van der Waals surface area contributed by atoms with Gasteiger partial charge in [-0.2, -0.15) is 0 Å². The first-order valence-electron chi connectivity index (χ1n) is 25.2. The van der Waals surface area contributed by atoms with Crippen LogP contribution in [-0.4, -0.2) is 98.9 Å². The molecule has 1 fully saturated rings. The van der Waals surface area contributed by atoms with E-state index in [1.54, 1.807) is 0 Å². The molecule has 1 aliphatic rings. The second-order valence-corrected chi connectivity index (χ2v) is 19.1. The maximum atomic E-state index is 12.8. The van der Waals surface area contributed by atoms with E-state index in [1.807, 2.05) is 0 Å². The zero-order chi connectivity index (χ0) is 45.5. The summed E-state index contributed by atoms with van der Waals surface area (Å²) in [5.41, 5.74) is 0. The van der Waals surface area contributed by atoms with Crippen molar-refractivity contribution in [2.75, 3.05) is 19.8 Å². The van der Waals surface area contributed by atoms with E-state index in [9.17, 15) is 39.8 Å². The molecular weight excluding hydrogens is 812 g/mol. The molecule has 0 heterocycles. The Morgan fingerprint density at radius 1 is 0.500 bits per heavy atom. The summed E-state index contributed by atoms with van der Waals surface area (Å²) in [6, 6.07) is 0. The van der Waals surface area contributed by atoms with Crippen LogP contribution in [0, 0.1) is 0 Å². The third-order valence-corrected chi connectivity index (χ3v) is 12.8. The highest BCUT2D eigenvalue weighted by Gasteiger charge is 2.51. The number of hydrogen-bond donors (Lipinski definition) is 6. The van der Waals surface area contributed by atoms with Gasteiger partial charge in [-0.25, -0.2) is 4.57 Å². The Bertz CT molecular complexity index is 1120. The molecule has 1 rings (SSSR count). The largest absolute Gasteiger partial charge is 0.472 e. The van der Waals surface area contributed by atoms with Crippen LogP contribution >= 0.6 is 7.82 Å². The lowest BCUT2D eigenvalue weighted by molar-refractivity contribution is -0.220. The summed E-state index contributed by atoms with van der Waals surface area (Å²) in [5, 5.41) is 50.2. The Balaban J connectivity index is 2.32. The zero-order valence-corrected chi connectivity index (χ0v) is 40.1. The Hall–Kier alpha value is -1.18. The molecule has 0 bridgehead atoms. The van der Waals surface area contributed by atoms with E-state index in [0.717, 1.165) is 57.8 Å². The van der Waals surface area contributed by atoms with E-state index in [4.69, 9.17) is 18.5 Å². The van der Waals surface area contributed by atoms with Crippen molar-refractivity contribution in [3.8, 4) is 0 Å². The van der Waals surface area contributed by atoms with Crippen LogP contribution in [0.1, 0.15) is 219 Å². The van der Waals surface area contributed by atoms with Crippen LogP contribution in [-0.2, 0) is 27.9 Å². The van der Waals surface area contributed by atoms with Gasteiger partial charge in [-0.05, 0) is 64.2 Å². The Morgan fingerprint density at radius 3 is 1.29 bits per heavy atom. The van der Waals surface area contributed by atoms with Crippen LogP contribution < -0.4 is 0 Å². The molecule has 0 aromatic carbocycles. The van der Waals surface area contributed by atoms with E-state index in [1.165, 1.54) is 135 Å². The molecule has 12 nitrogen and oxygen atoms in total. The van der Waals surface area contributed by atoms with Crippen LogP contribution in [0.5, 0.6) is 0 Å². The molecule has 62 heavy (non-hydrogen) atoms. The lowest BCUT2D eigenvalue weighted by Gasteiger charge is -2.41. The molecule has 1 aliphatic carbocycles. The lowest BCUT2D eigenvalue weighted by Crippen LogP contribution is -2.64. The molecule has 13 heteroatoms. The summed E-state index contributed by atoms with van der Waals surface area (Å²) < 4.78 is 34.2. The molecule has 0 aliphatic heterocycles. The number of carbonyl (C=O) groups is 1. The van der Waals surface area contributed by atoms with Crippen molar-refractivity contribution < 1.29 is 58.3 Å². The van der Waals surface area contributed by atoms with E-state index in [2.05, 4.69) is 38.2 Å². The highest BCUT2D eigenvalue weighted by Crippen LogP contribution is 2.47. The van der Waals surface area contributed by atoms with Gasteiger partial charge in [-0.3, -0.25) is 13.8 Å². The first-order valence-corrected chi connectivity index (χ1v) is 26.7. The number of unbranched alkanes of at least 4 members (excludes halogenated alkanes) is 27. The number of allylic oxidation sites excluding steroid dienone is 4. The van der Waals surface area contributed by atoms with Crippen LogP contribution in [0.15, 0.2) is 24.3 Å². The summed E-state index contributed by atoms with van der Waals surface area (Å²) in [4.78, 5) is 23.2. The van der Waals surface area contributed by atoms with Gasteiger partial charge in [0.2, 0.25) is 0 Å². The standard InChI is InChI=1S/C49H93O12P/c1-3-5-7-9-11-13-15-17-18-19-20-21-22-23-24-25-27-29-31-33-35-37-39-58-40-42(41-59-62(56,57)61-49-47(54)45(52)44(51)46(53)48(49)55)60-43(50)38-36-34-32-30-28-26-16-14-12-10-8-6-4-2/h14,16,19-20,42,44-49,51-55H,3-13,15,17-18,21-41H2,1-2H3,(H,56,57)/b16-14-,20-19-. The predicted octanol–water partition coefficient (Wildman–Crippen LogP) is 10.9. The molecule has 1 saturated carbocycles. The second-order valence-electron chi connectivity index (χ2n) is 17.7. The Morgan fingerprint density at radius 2 is 0.855 bits per heavy atom. The molecule has 0 amide bonds. The zero-order valence-electron chi connectivity index (χ0n) is 39.2. The molecule has 366 valence electrons. The number of aliphatic hydroxyl groups is 5. The van der Waals surface area contributed by atoms with Gasteiger partial charge in [0.05, 0.1) is 13.2 Å². The topological polar surface area (TPSA) is 192 Å². The number of carbonyl (C=O) groups excluding carboxylic acids is 1. The van der Waals surface area contributed by atoms with E-state index < -0.39 is 63.1 Å². The lowest BCUT2D eigenvalue weighted by atomic mass is 9.85. The number of aliphatic hydroxyl groups excluding tert-OH is 5. The van der Waals surface area contributed by atoms with E-state index >= 15 is 0 Å². The summed E-state index contributed by atoms with van der Waals surface area (Å²) in [5.74, 6) is -0.485. The van der Waals surface area contributed by atoms with Crippen molar-refractivity contribution in [3.05, 3.63) is 24.3 Å². The fourth-order valence-electron chi connectivity index (χ4n) is 7.76. The van der Waals surface area contributed by atoms with E-state index in [-0.39, 0.29) is 13.0 Å². The van der Waals surface area contributed by atoms with Crippen LogP contribution in [0.2, 0.25) is 0 Å². The van der Waals surface area contributed by atoms with Gasteiger partial charge < -0.3 is 39.9 Å². The number of hydrogen-bond acceptors (Lipinski definition) is 11. The molecule has 0 radical (unpaired) electrons. The molecule has 0 aromatic heterocycles. The number of esters is 1. The van der Waals surface area contributed by atoms with Crippen LogP contribution in [0.4, 0.5) is 0 Å². The van der Waals surface area contributed by atoms with Crippen molar-refractivity contribution in [2.24, 2.45) is 0 Å². The monoisotopic (exact) mass is 905 g/mol. The van der Waals surface area contributed by atoms with Gasteiger partial charge >= 0.3 is 13.8 Å². The van der Waals surface area contributed by atoms with Gasteiger partial charge in [0.15, 0.2) is 0 Å². The van der Waals surface area contributed by atoms with Crippen molar-refractivity contribution in [1.82, 2.24) is 0 Å². The number of phosphoric acid groups is 1. The van der Waals surface area contributed by atoms with Gasteiger partial charge in [0.1, 0.15) is 42.7 Å². The van der Waals surface area contributed by atoms with Gasteiger partial charge in [-0.15, -0.1) is 0 Å². The molecule has 0 saturated heterocycles. The predicted molar refractivity (Wildman–Crippen MR) is 249 cm³/mol. The van der Waals surface area contributed by atoms with Gasteiger partial charge in [0.25, 0.3) is 0 Å². The summed E-state index contributed by atoms with van der Waals surface area (Å²) in [6.45, 7) is 4.25. The molecule has 0 spiro atoms. The smallest absolute Gasteiger partial charge is 0.457 e. The minimum Gasteiger partial charge on any atom is -0.457 e. The minimum absolute atomic E-state index is 0.0782. The fourth-order valence-corrected chi connectivity index (χ4v) is 8.73. The first kappa shape index (κ1) is 58.8. The fraction of sp³-hybridized carbons (Fsp3) is 0.898. The molecule has 6 atom stereocenters. The van der Waals surface area contributed by atoms with Crippen molar-refractivity contribution in [3.63, 3.8) is 0 Å². The summed E-state index contributed by atoms with van der Waals surface area (Å²) in [7, 11) is -5.02. The third-order valence-electron chi connectivity index (χ3n) is 11.8.